The maximum Gasteiger partial charge on any atom is 0.416 e. The lowest BCUT2D eigenvalue weighted by atomic mass is 10.1. The Morgan fingerprint density at radius 2 is 1.74 bits per heavy atom. The highest BCUT2D eigenvalue weighted by atomic mass is 32.2. The Balaban J connectivity index is 1.94. The average Bonchev–Trinajstić information content (AvgIpc) is 3.18. The van der Waals surface area contributed by atoms with Gasteiger partial charge >= 0.3 is 6.18 Å². The first-order valence-electron chi connectivity index (χ1n) is 10.1. The Hall–Kier alpha value is -2.48. The van der Waals surface area contributed by atoms with Crippen LogP contribution in [0.5, 0.6) is 0 Å². The van der Waals surface area contributed by atoms with Crippen LogP contribution in [0.25, 0.3) is 0 Å². The quantitative estimate of drug-likeness (QED) is 0.683. The highest BCUT2D eigenvalue weighted by molar-refractivity contribution is 7.99. The number of hydrogen-bond donors (Lipinski definition) is 1. The summed E-state index contributed by atoms with van der Waals surface area (Å²) in [4.78, 5) is 27.8. The number of nitrogens with one attached hydrogen (secondary N) is 1. The normalized spacial score (nSPS) is 19.9. The molecule has 0 radical (unpaired) electrons. The number of amides is 2. The molecule has 1 N–H and O–H groups in total. The van der Waals surface area contributed by atoms with Gasteiger partial charge in [0.2, 0.25) is 5.91 Å². The zero-order valence-electron chi connectivity index (χ0n) is 17.6. The zero-order valence-corrected chi connectivity index (χ0v) is 18.4. The van der Waals surface area contributed by atoms with Crippen LogP contribution in [0.2, 0.25) is 0 Å². The fourth-order valence-corrected chi connectivity index (χ4v) is 4.77. The molecule has 0 aliphatic carbocycles. The van der Waals surface area contributed by atoms with Crippen molar-refractivity contribution < 1.29 is 22.8 Å². The fourth-order valence-electron chi connectivity index (χ4n) is 3.34. The van der Waals surface area contributed by atoms with Crippen LogP contribution in [0.15, 0.2) is 48.5 Å². The van der Waals surface area contributed by atoms with Crippen molar-refractivity contribution in [3.63, 3.8) is 0 Å². The lowest BCUT2D eigenvalue weighted by Gasteiger charge is -2.30. The Labute approximate surface area is 184 Å². The summed E-state index contributed by atoms with van der Waals surface area (Å²) in [6, 6.07) is 11.1. The lowest BCUT2D eigenvalue weighted by Crippen LogP contribution is -2.49. The van der Waals surface area contributed by atoms with Gasteiger partial charge in [-0.3, -0.25) is 9.59 Å². The molecule has 1 aliphatic heterocycles. The Morgan fingerprint density at radius 1 is 1.13 bits per heavy atom. The van der Waals surface area contributed by atoms with Gasteiger partial charge in [0.15, 0.2) is 0 Å². The highest BCUT2D eigenvalue weighted by Gasteiger charge is 2.43. The molecule has 3 atom stereocenters. The molecule has 0 spiro atoms. The number of carbonyl (C=O) groups is 2. The van der Waals surface area contributed by atoms with Gasteiger partial charge < -0.3 is 10.2 Å². The van der Waals surface area contributed by atoms with E-state index in [1.54, 1.807) is 12.1 Å². The second kappa shape index (κ2) is 9.34. The second-order valence-electron chi connectivity index (χ2n) is 7.72. The SMILES string of the molecule is CCC(C)NC(=O)C1CSC(c2ccc(C(F)(F)F)cc2)N1C(=O)c1ccc(C)cc1. The highest BCUT2D eigenvalue weighted by Crippen LogP contribution is 2.43. The second-order valence-corrected chi connectivity index (χ2v) is 8.83. The van der Waals surface area contributed by atoms with E-state index in [0.717, 1.165) is 24.1 Å². The van der Waals surface area contributed by atoms with Gasteiger partial charge in [0.25, 0.3) is 5.91 Å². The molecule has 8 heteroatoms. The Bertz CT molecular complexity index is 929. The smallest absolute Gasteiger partial charge is 0.352 e. The van der Waals surface area contributed by atoms with Crippen molar-refractivity contribution in [1.29, 1.82) is 0 Å². The number of benzene rings is 2. The van der Waals surface area contributed by atoms with E-state index in [4.69, 9.17) is 0 Å². The summed E-state index contributed by atoms with van der Waals surface area (Å²) < 4.78 is 38.9. The molecular formula is C23H25F3N2O2S. The number of hydrogen-bond acceptors (Lipinski definition) is 3. The van der Waals surface area contributed by atoms with E-state index in [9.17, 15) is 22.8 Å². The van der Waals surface area contributed by atoms with Crippen LogP contribution in [0, 0.1) is 6.92 Å². The number of aryl methyl sites for hydroxylation is 1. The van der Waals surface area contributed by atoms with E-state index in [-0.39, 0.29) is 17.9 Å². The molecule has 31 heavy (non-hydrogen) atoms. The summed E-state index contributed by atoms with van der Waals surface area (Å²) >= 11 is 1.38. The minimum Gasteiger partial charge on any atom is -0.352 e. The molecule has 0 bridgehead atoms. The topological polar surface area (TPSA) is 49.4 Å². The van der Waals surface area contributed by atoms with Crippen molar-refractivity contribution in [1.82, 2.24) is 10.2 Å². The minimum absolute atomic E-state index is 0.0426. The number of rotatable bonds is 5. The molecule has 1 aliphatic rings. The summed E-state index contributed by atoms with van der Waals surface area (Å²) in [7, 11) is 0. The molecule has 3 rings (SSSR count). The first-order valence-corrected chi connectivity index (χ1v) is 11.1. The number of nitrogens with zero attached hydrogens (tertiary/aromatic N) is 1. The van der Waals surface area contributed by atoms with Crippen molar-refractivity contribution in [2.75, 3.05) is 5.75 Å². The zero-order chi connectivity index (χ0) is 22.8. The van der Waals surface area contributed by atoms with Crippen molar-refractivity contribution >= 4 is 23.6 Å². The van der Waals surface area contributed by atoms with Gasteiger partial charge in [-0.05, 0) is 50.1 Å². The van der Waals surface area contributed by atoms with Crippen molar-refractivity contribution in [3.05, 3.63) is 70.8 Å². The van der Waals surface area contributed by atoms with Crippen LogP contribution >= 0.6 is 11.8 Å². The van der Waals surface area contributed by atoms with Crippen molar-refractivity contribution in [3.8, 4) is 0 Å². The van der Waals surface area contributed by atoms with Crippen LogP contribution in [0.3, 0.4) is 0 Å². The molecule has 0 saturated carbocycles. The third kappa shape index (κ3) is 5.23. The van der Waals surface area contributed by atoms with E-state index >= 15 is 0 Å². The van der Waals surface area contributed by atoms with Gasteiger partial charge in [-0.2, -0.15) is 13.2 Å². The lowest BCUT2D eigenvalue weighted by molar-refractivity contribution is -0.137. The van der Waals surface area contributed by atoms with Gasteiger partial charge in [0, 0.05) is 17.4 Å². The number of alkyl halides is 3. The van der Waals surface area contributed by atoms with E-state index < -0.39 is 23.2 Å². The van der Waals surface area contributed by atoms with Gasteiger partial charge in [-0.25, -0.2) is 0 Å². The van der Waals surface area contributed by atoms with E-state index in [1.165, 1.54) is 28.8 Å². The van der Waals surface area contributed by atoms with Crippen molar-refractivity contribution in [2.45, 2.75) is 50.8 Å². The maximum atomic E-state index is 13.4. The molecule has 0 aromatic heterocycles. The Kier molecular flexibility index (Phi) is 6.99. The van der Waals surface area contributed by atoms with E-state index in [1.807, 2.05) is 32.9 Å². The minimum atomic E-state index is -4.43. The summed E-state index contributed by atoms with van der Waals surface area (Å²) in [5.41, 5.74) is 1.24. The van der Waals surface area contributed by atoms with E-state index in [0.29, 0.717) is 16.9 Å². The number of thioether (sulfide) groups is 1. The van der Waals surface area contributed by atoms with Crippen LogP contribution in [0.4, 0.5) is 13.2 Å². The molecule has 2 aromatic carbocycles. The molecule has 1 fully saturated rings. The maximum absolute atomic E-state index is 13.4. The summed E-state index contributed by atoms with van der Waals surface area (Å²) in [6.07, 6.45) is -3.68. The van der Waals surface area contributed by atoms with Crippen LogP contribution < -0.4 is 5.32 Å². The van der Waals surface area contributed by atoms with Gasteiger partial charge in [0.05, 0.1) is 5.56 Å². The van der Waals surface area contributed by atoms with Crippen LogP contribution in [-0.4, -0.2) is 34.6 Å². The first-order chi connectivity index (χ1) is 14.6. The first kappa shape index (κ1) is 23.2. The monoisotopic (exact) mass is 450 g/mol. The third-order valence-electron chi connectivity index (χ3n) is 5.36. The largest absolute Gasteiger partial charge is 0.416 e. The fraction of sp³-hybridized carbons (Fsp3) is 0.391. The molecule has 1 saturated heterocycles. The van der Waals surface area contributed by atoms with Gasteiger partial charge in [-0.15, -0.1) is 11.8 Å². The molecule has 1 heterocycles. The van der Waals surface area contributed by atoms with E-state index in [2.05, 4.69) is 5.32 Å². The summed E-state index contributed by atoms with van der Waals surface area (Å²) in [5.74, 6) is -0.207. The molecule has 3 unspecified atom stereocenters. The summed E-state index contributed by atoms with van der Waals surface area (Å²) in [5, 5.41) is 2.37. The molecule has 4 nitrogen and oxygen atoms in total. The van der Waals surface area contributed by atoms with Crippen LogP contribution in [-0.2, 0) is 11.0 Å². The molecule has 2 amide bonds. The molecule has 2 aromatic rings. The predicted molar refractivity (Wildman–Crippen MR) is 116 cm³/mol. The third-order valence-corrected chi connectivity index (χ3v) is 6.68. The van der Waals surface area contributed by atoms with Gasteiger partial charge in [-0.1, -0.05) is 36.8 Å². The standard InChI is InChI=1S/C23H25F3N2O2S/c1-4-15(3)27-20(29)19-13-31-22(17-9-11-18(12-10-17)23(24,25)26)28(19)21(30)16-7-5-14(2)6-8-16/h5-12,15,19,22H,4,13H2,1-3H3,(H,27,29). The Morgan fingerprint density at radius 3 is 2.29 bits per heavy atom. The van der Waals surface area contributed by atoms with Crippen LogP contribution in [0.1, 0.15) is 52.7 Å². The number of halogens is 3. The average molecular weight is 451 g/mol. The predicted octanol–water partition coefficient (Wildman–Crippen LogP) is 5.18. The molecular weight excluding hydrogens is 425 g/mol. The number of carbonyl (C=O) groups excluding carboxylic acids is 2. The van der Waals surface area contributed by atoms with Crippen molar-refractivity contribution in [2.24, 2.45) is 0 Å². The van der Waals surface area contributed by atoms with Gasteiger partial charge in [0.1, 0.15) is 11.4 Å². The summed E-state index contributed by atoms with van der Waals surface area (Å²) in [6.45, 7) is 5.75. The molecule has 166 valence electrons.